The number of thiophene rings is 1. The molecule has 0 atom stereocenters. The lowest BCUT2D eigenvalue weighted by Gasteiger charge is -1.98. The number of hydrogen-bond acceptors (Lipinski definition) is 9. The van der Waals surface area contributed by atoms with Crippen molar-refractivity contribution in [1.82, 2.24) is 19.8 Å². The second-order valence-corrected chi connectivity index (χ2v) is 8.33. The SMILES string of the molecule is Cc1cc2nc(CSc3nnc(NC(=O)c4cccs4)s3)cc(=O)n2o1. The van der Waals surface area contributed by atoms with Crippen LogP contribution in [0, 0.1) is 6.92 Å². The maximum absolute atomic E-state index is 12.0. The molecule has 0 fully saturated rings. The topological polar surface area (TPSA) is 102 Å². The number of hydrogen-bond donors (Lipinski definition) is 1. The number of thioether (sulfide) groups is 1. The van der Waals surface area contributed by atoms with E-state index < -0.39 is 0 Å². The van der Waals surface area contributed by atoms with Gasteiger partial charge in [0.25, 0.3) is 11.5 Å². The monoisotopic (exact) mass is 405 g/mol. The Kier molecular flexibility index (Phi) is 4.57. The quantitative estimate of drug-likeness (QED) is 0.402. The first-order valence-corrected chi connectivity index (χ1v) is 10.1. The molecule has 8 nitrogen and oxygen atoms in total. The van der Waals surface area contributed by atoms with Crippen LogP contribution in [0.4, 0.5) is 5.13 Å². The molecule has 0 aliphatic rings. The van der Waals surface area contributed by atoms with Gasteiger partial charge in [0.2, 0.25) is 5.13 Å². The minimum Gasteiger partial charge on any atom is -0.375 e. The van der Waals surface area contributed by atoms with E-state index >= 15 is 0 Å². The molecule has 0 unspecified atom stereocenters. The molecule has 4 aromatic rings. The summed E-state index contributed by atoms with van der Waals surface area (Å²) in [4.78, 5) is 29.0. The number of nitrogens with zero attached hydrogens (tertiary/aromatic N) is 4. The molecule has 4 aromatic heterocycles. The Hall–Kier alpha value is -2.50. The van der Waals surface area contributed by atoms with Gasteiger partial charge in [-0.05, 0) is 18.4 Å². The van der Waals surface area contributed by atoms with Gasteiger partial charge in [0.1, 0.15) is 5.76 Å². The molecule has 0 radical (unpaired) electrons. The van der Waals surface area contributed by atoms with Crippen molar-refractivity contribution < 1.29 is 9.32 Å². The Labute approximate surface area is 158 Å². The lowest BCUT2D eigenvalue weighted by molar-refractivity contribution is 0.103. The number of aromatic nitrogens is 4. The third-order valence-corrected chi connectivity index (χ3v) is 6.11. The number of amides is 1. The minimum atomic E-state index is -0.264. The van der Waals surface area contributed by atoms with Crippen LogP contribution in [-0.4, -0.2) is 25.7 Å². The second kappa shape index (κ2) is 7.02. The van der Waals surface area contributed by atoms with Gasteiger partial charge >= 0.3 is 0 Å². The summed E-state index contributed by atoms with van der Waals surface area (Å²) in [5.74, 6) is 0.876. The highest BCUT2D eigenvalue weighted by atomic mass is 32.2. The summed E-state index contributed by atoms with van der Waals surface area (Å²) in [6.45, 7) is 1.76. The summed E-state index contributed by atoms with van der Waals surface area (Å²) in [7, 11) is 0. The summed E-state index contributed by atoms with van der Waals surface area (Å²) < 4.78 is 7.10. The van der Waals surface area contributed by atoms with Crippen molar-refractivity contribution in [2.75, 3.05) is 5.32 Å². The van der Waals surface area contributed by atoms with Crippen LogP contribution in [0.3, 0.4) is 0 Å². The normalized spacial score (nSPS) is 11.1. The Morgan fingerprint density at radius 1 is 1.38 bits per heavy atom. The summed E-state index contributed by atoms with van der Waals surface area (Å²) >= 11 is 4.03. The number of carbonyl (C=O) groups excluding carboxylic acids is 1. The zero-order valence-corrected chi connectivity index (χ0v) is 15.8. The number of carbonyl (C=O) groups is 1. The first-order chi connectivity index (χ1) is 12.6. The molecule has 1 N–H and O–H groups in total. The van der Waals surface area contributed by atoms with Crippen LogP contribution in [0.5, 0.6) is 0 Å². The lowest BCUT2D eigenvalue weighted by Crippen LogP contribution is -2.12. The van der Waals surface area contributed by atoms with Gasteiger partial charge in [-0.1, -0.05) is 29.2 Å². The van der Waals surface area contributed by atoms with Crippen LogP contribution in [-0.2, 0) is 5.75 Å². The van der Waals surface area contributed by atoms with Crippen molar-refractivity contribution in [1.29, 1.82) is 0 Å². The van der Waals surface area contributed by atoms with Gasteiger partial charge in [0.15, 0.2) is 9.99 Å². The first-order valence-electron chi connectivity index (χ1n) is 7.39. The zero-order valence-electron chi connectivity index (χ0n) is 13.3. The third kappa shape index (κ3) is 3.54. The van der Waals surface area contributed by atoms with Gasteiger partial charge < -0.3 is 4.52 Å². The molecular formula is C15H11N5O3S3. The number of fused-ring (bicyclic) bond motifs is 1. The zero-order chi connectivity index (χ0) is 18.1. The Morgan fingerprint density at radius 3 is 3.08 bits per heavy atom. The number of aryl methyl sites for hydroxylation is 1. The number of anilines is 1. The Balaban J connectivity index is 1.43. The maximum atomic E-state index is 12.0. The predicted octanol–water partition coefficient (Wildman–Crippen LogP) is 3.05. The molecule has 0 bridgehead atoms. The van der Waals surface area contributed by atoms with Crippen molar-refractivity contribution in [2.45, 2.75) is 17.0 Å². The molecule has 0 aliphatic heterocycles. The van der Waals surface area contributed by atoms with Gasteiger partial charge in [-0.15, -0.1) is 26.1 Å². The van der Waals surface area contributed by atoms with E-state index in [4.69, 9.17) is 4.52 Å². The van der Waals surface area contributed by atoms with Crippen LogP contribution >= 0.6 is 34.4 Å². The Morgan fingerprint density at radius 2 is 2.27 bits per heavy atom. The second-order valence-electron chi connectivity index (χ2n) is 5.18. The van der Waals surface area contributed by atoms with Gasteiger partial charge in [-0.3, -0.25) is 14.9 Å². The van der Waals surface area contributed by atoms with Crippen LogP contribution in [0.25, 0.3) is 5.65 Å². The minimum absolute atomic E-state index is 0.205. The molecule has 132 valence electrons. The van der Waals surface area contributed by atoms with E-state index in [2.05, 4.69) is 20.5 Å². The molecule has 4 heterocycles. The van der Waals surface area contributed by atoms with E-state index in [1.54, 1.807) is 19.1 Å². The van der Waals surface area contributed by atoms with Crippen molar-refractivity contribution >= 4 is 51.1 Å². The standard InChI is InChI=1S/C15H11N5O3S3/c1-8-5-11-16-9(6-12(21)20(11)23-8)7-25-15-19-18-14(26-15)17-13(22)10-3-2-4-24-10/h2-6H,7H2,1H3,(H,17,18,22). The molecule has 4 rings (SSSR count). The average Bonchev–Trinajstić information content (AvgIpc) is 3.33. The maximum Gasteiger partial charge on any atom is 0.287 e. The molecule has 0 aliphatic carbocycles. The van der Waals surface area contributed by atoms with E-state index in [9.17, 15) is 9.59 Å². The van der Waals surface area contributed by atoms with E-state index in [0.717, 1.165) is 4.57 Å². The molecule has 26 heavy (non-hydrogen) atoms. The van der Waals surface area contributed by atoms with E-state index in [1.807, 2.05) is 11.4 Å². The van der Waals surface area contributed by atoms with Crippen LogP contribution in [0.1, 0.15) is 21.1 Å². The summed E-state index contributed by atoms with van der Waals surface area (Å²) in [5.41, 5.74) is 0.840. The fourth-order valence-electron chi connectivity index (χ4n) is 2.17. The first kappa shape index (κ1) is 16.9. The molecule has 0 saturated carbocycles. The number of nitrogens with one attached hydrogen (secondary N) is 1. The molecule has 0 saturated heterocycles. The molecule has 0 spiro atoms. The van der Waals surface area contributed by atoms with Crippen molar-refractivity contribution in [2.24, 2.45) is 0 Å². The van der Waals surface area contributed by atoms with Gasteiger partial charge in [0, 0.05) is 17.9 Å². The fraction of sp³-hybridized carbons (Fsp3) is 0.133. The van der Waals surface area contributed by atoms with Gasteiger partial charge in [0.05, 0.1) is 10.6 Å². The van der Waals surface area contributed by atoms with Crippen LogP contribution in [0.2, 0.25) is 0 Å². The van der Waals surface area contributed by atoms with Crippen LogP contribution in [0.15, 0.2) is 43.3 Å². The molecule has 0 aromatic carbocycles. The van der Waals surface area contributed by atoms with E-state index in [0.29, 0.717) is 37.2 Å². The van der Waals surface area contributed by atoms with Gasteiger partial charge in [-0.25, -0.2) is 4.98 Å². The average molecular weight is 405 g/mol. The number of rotatable bonds is 5. The highest BCUT2D eigenvalue weighted by Crippen LogP contribution is 2.28. The summed E-state index contributed by atoms with van der Waals surface area (Å²) in [6.07, 6.45) is 0. The smallest absolute Gasteiger partial charge is 0.287 e. The lowest BCUT2D eigenvalue weighted by atomic mass is 10.4. The summed E-state index contributed by atoms with van der Waals surface area (Å²) in [6, 6.07) is 6.70. The molecule has 11 heteroatoms. The highest BCUT2D eigenvalue weighted by Gasteiger charge is 2.12. The summed E-state index contributed by atoms with van der Waals surface area (Å²) in [5, 5.41) is 13.0. The largest absolute Gasteiger partial charge is 0.375 e. The highest BCUT2D eigenvalue weighted by molar-refractivity contribution is 8.00. The van der Waals surface area contributed by atoms with E-state index in [-0.39, 0.29) is 11.5 Å². The van der Waals surface area contributed by atoms with E-state index in [1.165, 1.54) is 40.5 Å². The molecular weight excluding hydrogens is 394 g/mol. The van der Waals surface area contributed by atoms with Crippen molar-refractivity contribution in [3.8, 4) is 0 Å². The third-order valence-electron chi connectivity index (χ3n) is 3.24. The Bertz CT molecular complexity index is 1130. The van der Waals surface area contributed by atoms with Crippen molar-refractivity contribution in [3.63, 3.8) is 0 Å². The van der Waals surface area contributed by atoms with Crippen LogP contribution < -0.4 is 10.9 Å². The molecule has 1 amide bonds. The predicted molar refractivity (Wildman–Crippen MR) is 100 cm³/mol. The van der Waals surface area contributed by atoms with Crippen molar-refractivity contribution in [3.05, 3.63) is 56.3 Å². The van der Waals surface area contributed by atoms with Gasteiger partial charge in [-0.2, -0.15) is 0 Å². The fourth-order valence-corrected chi connectivity index (χ4v) is 4.43.